The molecule has 0 unspecified atom stereocenters. The van der Waals surface area contributed by atoms with Gasteiger partial charge in [0.25, 0.3) is 5.56 Å². The van der Waals surface area contributed by atoms with Gasteiger partial charge in [-0.25, -0.2) is 0 Å². The van der Waals surface area contributed by atoms with Crippen LogP contribution < -0.4 is 20.8 Å². The highest BCUT2D eigenvalue weighted by Gasteiger charge is 2.34. The Hall–Kier alpha value is -3.63. The predicted molar refractivity (Wildman–Crippen MR) is 125 cm³/mol. The molecule has 1 aromatic heterocycles. The molecule has 7 heteroatoms. The normalized spacial score (nSPS) is 15.0. The number of hydrogen-bond donors (Lipinski definition) is 1. The number of hydrogen-bond acceptors (Lipinski definition) is 6. The summed E-state index contributed by atoms with van der Waals surface area (Å²) in [5, 5.41) is 9.84. The van der Waals surface area contributed by atoms with Crippen molar-refractivity contribution in [3.63, 3.8) is 0 Å². The van der Waals surface area contributed by atoms with Gasteiger partial charge in [-0.1, -0.05) is 30.3 Å². The number of pyridine rings is 1. The number of aromatic nitrogens is 1. The number of rotatable bonds is 5. The number of nitrogens with two attached hydrogens (primary N) is 1. The van der Waals surface area contributed by atoms with E-state index < -0.39 is 5.92 Å². The van der Waals surface area contributed by atoms with Crippen LogP contribution in [0.15, 0.2) is 75.7 Å². The van der Waals surface area contributed by atoms with E-state index in [1.54, 1.807) is 29.5 Å². The lowest BCUT2D eigenvalue weighted by Gasteiger charge is -2.27. The molecule has 3 aromatic rings. The summed E-state index contributed by atoms with van der Waals surface area (Å²) in [5.41, 5.74) is 8.95. The molecule has 0 saturated heterocycles. The summed E-state index contributed by atoms with van der Waals surface area (Å²) in [4.78, 5) is 14.9. The molecule has 0 radical (unpaired) electrons. The number of fused-ring (bicyclic) bond motifs is 1. The lowest BCUT2D eigenvalue weighted by atomic mass is 9.84. The monoisotopic (exact) mass is 445 g/mol. The van der Waals surface area contributed by atoms with Gasteiger partial charge in [-0.05, 0) is 36.9 Å². The van der Waals surface area contributed by atoms with E-state index in [9.17, 15) is 10.1 Å². The third-order valence-electron chi connectivity index (χ3n) is 5.66. The Morgan fingerprint density at radius 3 is 2.59 bits per heavy atom. The van der Waals surface area contributed by atoms with E-state index in [2.05, 4.69) is 6.07 Å². The van der Waals surface area contributed by atoms with E-state index in [0.717, 1.165) is 21.7 Å². The number of aryl methyl sites for hydroxylation is 1. The molecule has 2 N–H and O–H groups in total. The molecule has 0 bridgehead atoms. The van der Waals surface area contributed by atoms with Crippen molar-refractivity contribution in [2.24, 2.45) is 5.73 Å². The van der Waals surface area contributed by atoms with Crippen molar-refractivity contribution in [3.8, 4) is 17.6 Å². The molecule has 1 aliphatic heterocycles. The second-order valence-corrected chi connectivity index (χ2v) is 8.34. The number of para-hydroxylation sites is 1. The van der Waals surface area contributed by atoms with Crippen LogP contribution in [0.3, 0.4) is 0 Å². The van der Waals surface area contributed by atoms with Crippen molar-refractivity contribution in [2.75, 3.05) is 13.4 Å². The summed E-state index contributed by atoms with van der Waals surface area (Å²) < 4.78 is 12.9. The van der Waals surface area contributed by atoms with E-state index in [0.29, 0.717) is 23.6 Å². The topological polar surface area (TPSA) is 90.3 Å². The van der Waals surface area contributed by atoms with Crippen LogP contribution in [0.2, 0.25) is 0 Å². The minimum atomic E-state index is -0.600. The molecule has 2 heterocycles. The molecule has 162 valence electrons. The summed E-state index contributed by atoms with van der Waals surface area (Å²) in [6.07, 6.45) is 2.00. The molecule has 2 aromatic carbocycles. The van der Waals surface area contributed by atoms with Gasteiger partial charge >= 0.3 is 0 Å². The van der Waals surface area contributed by atoms with E-state index in [1.807, 2.05) is 61.7 Å². The summed E-state index contributed by atoms with van der Waals surface area (Å²) in [5.74, 6) is 0.523. The van der Waals surface area contributed by atoms with E-state index in [4.69, 9.17) is 15.2 Å². The molecule has 6 nitrogen and oxygen atoms in total. The first kappa shape index (κ1) is 21.6. The Bertz CT molecular complexity index is 1300. The molecule has 32 heavy (non-hydrogen) atoms. The summed E-state index contributed by atoms with van der Waals surface area (Å²) in [6, 6.07) is 19.4. The predicted octanol–water partition coefficient (Wildman–Crippen LogP) is 4.15. The van der Waals surface area contributed by atoms with Crippen LogP contribution in [0.5, 0.6) is 11.5 Å². The fourth-order valence-corrected chi connectivity index (χ4v) is 4.42. The number of allylic oxidation sites excluding steroid dienone is 1. The van der Waals surface area contributed by atoms with E-state index >= 15 is 0 Å². The minimum Gasteiger partial charge on any atom is -0.496 e. The van der Waals surface area contributed by atoms with Crippen LogP contribution in [0.25, 0.3) is 0 Å². The molecular formula is C25H23N3O3S. The minimum absolute atomic E-state index is 0.0280. The maximum Gasteiger partial charge on any atom is 0.259 e. The molecule has 0 spiro atoms. The smallest absolute Gasteiger partial charge is 0.259 e. The van der Waals surface area contributed by atoms with Crippen molar-refractivity contribution < 1.29 is 9.47 Å². The zero-order valence-electron chi connectivity index (χ0n) is 18.1. The van der Waals surface area contributed by atoms with Gasteiger partial charge < -0.3 is 19.8 Å². The lowest BCUT2D eigenvalue weighted by molar-refractivity contribution is 0.388. The maximum atomic E-state index is 13.8. The first-order chi connectivity index (χ1) is 15.5. The first-order valence-corrected chi connectivity index (χ1v) is 11.3. The van der Waals surface area contributed by atoms with E-state index in [-0.39, 0.29) is 17.0 Å². The number of methoxy groups -OCH3 is 1. The Morgan fingerprint density at radius 2 is 1.94 bits per heavy atom. The van der Waals surface area contributed by atoms with Crippen molar-refractivity contribution >= 4 is 11.8 Å². The van der Waals surface area contributed by atoms with Crippen molar-refractivity contribution in [2.45, 2.75) is 24.3 Å². The number of nitrogens with zero attached hydrogens (tertiary/aromatic N) is 2. The largest absolute Gasteiger partial charge is 0.496 e. The van der Waals surface area contributed by atoms with Crippen molar-refractivity contribution in [1.82, 2.24) is 4.57 Å². The molecular weight excluding hydrogens is 422 g/mol. The van der Waals surface area contributed by atoms with Gasteiger partial charge in [0.2, 0.25) is 5.88 Å². The van der Waals surface area contributed by atoms with Crippen molar-refractivity contribution in [3.05, 3.63) is 98.8 Å². The van der Waals surface area contributed by atoms with Gasteiger partial charge in [0.05, 0.1) is 25.1 Å². The highest BCUT2D eigenvalue weighted by atomic mass is 32.2. The van der Waals surface area contributed by atoms with Gasteiger partial charge in [-0.3, -0.25) is 4.79 Å². The second-order valence-electron chi connectivity index (χ2n) is 7.46. The summed E-state index contributed by atoms with van der Waals surface area (Å²) >= 11 is 1.63. The molecule has 1 atom stereocenters. The summed E-state index contributed by atoms with van der Waals surface area (Å²) in [6.45, 7) is 2.18. The zero-order chi connectivity index (χ0) is 22.8. The van der Waals surface area contributed by atoms with Crippen LogP contribution in [0, 0.1) is 18.3 Å². The Balaban J connectivity index is 1.90. The third-order valence-corrected chi connectivity index (χ3v) is 6.40. The Morgan fingerprint density at radius 1 is 1.22 bits per heavy atom. The third kappa shape index (κ3) is 3.74. The Kier molecular flexibility index (Phi) is 5.97. The SMILES string of the molecule is COc1ccccc1Cn1c(C)cc2c(c1=O)[C@@H](c1ccc(SC)cc1)C(C#N)=C(N)O2. The first-order valence-electron chi connectivity index (χ1n) is 10.1. The standard InChI is InChI=1S/C25H23N3O3S/c1-15-12-21-23(25(29)28(15)14-17-6-4-5-7-20(17)30-2)22(19(13-26)24(27)31-21)16-8-10-18(32-3)11-9-16/h4-12,22H,14,27H2,1-3H3/t22-/m0/s1. The quantitative estimate of drug-likeness (QED) is 0.593. The van der Waals surface area contributed by atoms with Gasteiger partial charge in [0.15, 0.2) is 0 Å². The van der Waals surface area contributed by atoms with E-state index in [1.165, 1.54) is 0 Å². The second kappa shape index (κ2) is 8.85. The molecule has 0 fully saturated rings. The van der Waals surface area contributed by atoms with Gasteiger partial charge in [-0.2, -0.15) is 5.26 Å². The molecule has 1 aliphatic rings. The van der Waals surface area contributed by atoms with Crippen LogP contribution in [0.1, 0.15) is 28.3 Å². The maximum absolute atomic E-state index is 13.8. The number of thioether (sulfide) groups is 1. The fraction of sp³-hybridized carbons (Fsp3) is 0.200. The van der Waals surface area contributed by atoms with Crippen LogP contribution in [-0.2, 0) is 6.54 Å². The Labute approximate surface area is 190 Å². The van der Waals surface area contributed by atoms with Crippen LogP contribution >= 0.6 is 11.8 Å². The molecule has 4 rings (SSSR count). The average molecular weight is 446 g/mol. The number of ether oxygens (including phenoxy) is 2. The van der Waals surface area contributed by atoms with Crippen molar-refractivity contribution in [1.29, 1.82) is 5.26 Å². The fourth-order valence-electron chi connectivity index (χ4n) is 4.02. The van der Waals surface area contributed by atoms with Gasteiger partial charge in [-0.15, -0.1) is 11.8 Å². The van der Waals surface area contributed by atoms with Crippen LogP contribution in [0.4, 0.5) is 0 Å². The zero-order valence-corrected chi connectivity index (χ0v) is 18.9. The highest BCUT2D eigenvalue weighted by Crippen LogP contribution is 2.41. The molecule has 0 saturated carbocycles. The molecule has 0 amide bonds. The van der Waals surface area contributed by atoms with Crippen LogP contribution in [-0.4, -0.2) is 17.9 Å². The molecule has 0 aliphatic carbocycles. The van der Waals surface area contributed by atoms with Gasteiger partial charge in [0, 0.05) is 22.2 Å². The average Bonchev–Trinajstić information content (AvgIpc) is 2.81. The number of benzene rings is 2. The lowest BCUT2D eigenvalue weighted by Crippen LogP contribution is -2.33. The number of nitriles is 1. The van der Waals surface area contributed by atoms with Gasteiger partial charge in [0.1, 0.15) is 23.1 Å². The summed E-state index contributed by atoms with van der Waals surface area (Å²) in [7, 11) is 1.61. The highest BCUT2D eigenvalue weighted by molar-refractivity contribution is 7.98.